The van der Waals surface area contributed by atoms with Gasteiger partial charge in [0.1, 0.15) is 18.1 Å². The molecule has 45 heavy (non-hydrogen) atoms. The van der Waals surface area contributed by atoms with Crippen LogP contribution in [0.5, 0.6) is 0 Å². The molecular formula is C34H36N6O5. The standard InChI is InChI=1S/C34H36N6O5/c1-20(35)31(41)38-28(15-21-9-3-2-4-10-21)32(42)39-29(16-22-18-36-26-13-7-5-11-24(22)26)33(43)40-30(34(44)45)17-23-19-37-27-14-8-6-12-25(23)27/h2-14,18-20,28-30,36-37H,15-17,35H2,1H3,(H,38,41)(H,39,42)(H,40,43)(H,44,45). The van der Waals surface area contributed by atoms with Gasteiger partial charge in [0.05, 0.1) is 6.04 Å². The number of carboxylic acid groups (broad SMARTS) is 1. The lowest BCUT2D eigenvalue weighted by atomic mass is 10.0. The number of aliphatic carboxylic acids is 1. The lowest BCUT2D eigenvalue weighted by Crippen LogP contribution is -2.58. The Morgan fingerprint density at radius 3 is 1.62 bits per heavy atom. The first-order valence-electron chi connectivity index (χ1n) is 14.7. The maximum Gasteiger partial charge on any atom is 0.326 e. The molecule has 0 aliphatic carbocycles. The van der Waals surface area contributed by atoms with Crippen molar-refractivity contribution in [1.29, 1.82) is 0 Å². The molecule has 0 spiro atoms. The van der Waals surface area contributed by atoms with Crippen molar-refractivity contribution in [1.82, 2.24) is 25.9 Å². The van der Waals surface area contributed by atoms with E-state index in [1.54, 1.807) is 12.4 Å². The molecule has 3 amide bonds. The summed E-state index contributed by atoms with van der Waals surface area (Å²) in [4.78, 5) is 58.8. The molecule has 5 aromatic rings. The van der Waals surface area contributed by atoms with E-state index in [1.165, 1.54) is 6.92 Å². The van der Waals surface area contributed by atoms with E-state index in [0.29, 0.717) is 0 Å². The van der Waals surface area contributed by atoms with Gasteiger partial charge in [-0.2, -0.15) is 0 Å². The molecule has 0 saturated carbocycles. The summed E-state index contributed by atoms with van der Waals surface area (Å²) < 4.78 is 0. The minimum Gasteiger partial charge on any atom is -0.480 e. The van der Waals surface area contributed by atoms with Crippen LogP contribution in [0.25, 0.3) is 21.8 Å². The Kier molecular flexibility index (Phi) is 9.59. The van der Waals surface area contributed by atoms with E-state index >= 15 is 0 Å². The number of carboxylic acids is 1. The van der Waals surface area contributed by atoms with Crippen LogP contribution in [0.3, 0.4) is 0 Å². The van der Waals surface area contributed by atoms with Gasteiger partial charge in [0.2, 0.25) is 17.7 Å². The molecule has 4 atom stereocenters. The number of carbonyl (C=O) groups excluding carboxylic acids is 3. The van der Waals surface area contributed by atoms with E-state index in [0.717, 1.165) is 38.5 Å². The summed E-state index contributed by atoms with van der Waals surface area (Å²) in [5.74, 6) is -3.00. The van der Waals surface area contributed by atoms with E-state index in [9.17, 15) is 24.3 Å². The molecule has 232 valence electrons. The largest absolute Gasteiger partial charge is 0.480 e. The smallest absolute Gasteiger partial charge is 0.326 e. The molecule has 8 N–H and O–H groups in total. The second-order valence-electron chi connectivity index (χ2n) is 11.1. The Balaban J connectivity index is 1.41. The molecule has 0 bridgehead atoms. The molecule has 11 heteroatoms. The van der Waals surface area contributed by atoms with E-state index in [-0.39, 0.29) is 19.3 Å². The Morgan fingerprint density at radius 1 is 0.644 bits per heavy atom. The lowest BCUT2D eigenvalue weighted by molar-refractivity contribution is -0.142. The van der Waals surface area contributed by atoms with Gasteiger partial charge in [-0.05, 0) is 35.7 Å². The first-order chi connectivity index (χ1) is 21.7. The normalized spacial score (nSPS) is 13.9. The summed E-state index contributed by atoms with van der Waals surface area (Å²) >= 11 is 0. The fraction of sp³-hybridized carbons (Fsp3) is 0.235. The van der Waals surface area contributed by atoms with Crippen LogP contribution in [0.2, 0.25) is 0 Å². The van der Waals surface area contributed by atoms with Crippen molar-refractivity contribution in [2.24, 2.45) is 5.73 Å². The number of hydrogen-bond donors (Lipinski definition) is 7. The fourth-order valence-electron chi connectivity index (χ4n) is 5.36. The number of para-hydroxylation sites is 2. The average Bonchev–Trinajstić information content (AvgIpc) is 3.64. The zero-order chi connectivity index (χ0) is 31.9. The SMILES string of the molecule is CC(N)C(=O)NC(Cc1ccccc1)C(=O)NC(Cc1c[nH]c2ccccc12)C(=O)NC(Cc1c[nH]c2ccccc12)C(=O)O. The number of amides is 3. The number of nitrogens with two attached hydrogens (primary N) is 1. The van der Waals surface area contributed by atoms with Crippen LogP contribution in [0.1, 0.15) is 23.6 Å². The highest BCUT2D eigenvalue weighted by Gasteiger charge is 2.31. The van der Waals surface area contributed by atoms with Gasteiger partial charge in [0.15, 0.2) is 0 Å². The number of nitrogens with one attached hydrogen (secondary N) is 5. The number of carbonyl (C=O) groups is 4. The number of fused-ring (bicyclic) bond motifs is 2. The topological polar surface area (TPSA) is 182 Å². The third-order valence-electron chi connectivity index (χ3n) is 7.77. The Hall–Kier alpha value is -5.42. The van der Waals surface area contributed by atoms with Crippen molar-refractivity contribution < 1.29 is 24.3 Å². The first-order valence-corrected chi connectivity index (χ1v) is 14.7. The van der Waals surface area contributed by atoms with Gasteiger partial charge in [0.25, 0.3) is 0 Å². The number of rotatable bonds is 13. The van der Waals surface area contributed by atoms with Gasteiger partial charge in [-0.3, -0.25) is 14.4 Å². The predicted molar refractivity (Wildman–Crippen MR) is 171 cm³/mol. The van der Waals surface area contributed by atoms with Gasteiger partial charge < -0.3 is 36.8 Å². The van der Waals surface area contributed by atoms with E-state index < -0.39 is 47.9 Å². The molecule has 0 aliphatic rings. The molecular weight excluding hydrogens is 572 g/mol. The van der Waals surface area contributed by atoms with Crippen molar-refractivity contribution in [2.75, 3.05) is 0 Å². The highest BCUT2D eigenvalue weighted by molar-refractivity contribution is 5.95. The first kappa shape index (κ1) is 31.0. The van der Waals surface area contributed by atoms with Crippen molar-refractivity contribution in [2.45, 2.75) is 50.4 Å². The lowest BCUT2D eigenvalue weighted by Gasteiger charge is -2.25. The summed E-state index contributed by atoms with van der Waals surface area (Å²) in [6.45, 7) is 1.51. The van der Waals surface area contributed by atoms with Crippen LogP contribution < -0.4 is 21.7 Å². The quantitative estimate of drug-likeness (QED) is 0.108. The van der Waals surface area contributed by atoms with Crippen LogP contribution in [0.4, 0.5) is 0 Å². The third-order valence-corrected chi connectivity index (χ3v) is 7.77. The van der Waals surface area contributed by atoms with Gasteiger partial charge in [0, 0.05) is 53.5 Å². The van der Waals surface area contributed by atoms with Crippen LogP contribution in [0.15, 0.2) is 91.3 Å². The van der Waals surface area contributed by atoms with E-state index in [4.69, 9.17) is 5.73 Å². The zero-order valence-electron chi connectivity index (χ0n) is 24.7. The van der Waals surface area contributed by atoms with Gasteiger partial charge in [-0.25, -0.2) is 4.79 Å². The number of hydrogen-bond acceptors (Lipinski definition) is 5. The van der Waals surface area contributed by atoms with Crippen LogP contribution in [-0.2, 0) is 38.4 Å². The summed E-state index contributed by atoms with van der Waals surface area (Å²) in [5.41, 5.74) is 9.77. The number of benzene rings is 3. The second kappa shape index (κ2) is 13.9. The molecule has 4 unspecified atom stereocenters. The van der Waals surface area contributed by atoms with Crippen LogP contribution in [0, 0.1) is 0 Å². The number of aromatic amines is 2. The highest BCUT2D eigenvalue weighted by atomic mass is 16.4. The molecule has 11 nitrogen and oxygen atoms in total. The minimum atomic E-state index is -1.27. The highest BCUT2D eigenvalue weighted by Crippen LogP contribution is 2.21. The van der Waals surface area contributed by atoms with E-state index in [2.05, 4.69) is 25.9 Å². The molecule has 0 fully saturated rings. The maximum absolute atomic E-state index is 13.8. The predicted octanol–water partition coefficient (Wildman–Crippen LogP) is 2.56. The summed E-state index contributed by atoms with van der Waals surface area (Å²) in [5, 5.41) is 19.9. The van der Waals surface area contributed by atoms with Gasteiger partial charge in [-0.1, -0.05) is 66.7 Å². The molecule has 3 aromatic carbocycles. The molecule has 0 aliphatic heterocycles. The Bertz CT molecular complexity index is 1810. The van der Waals surface area contributed by atoms with Gasteiger partial charge >= 0.3 is 5.97 Å². The van der Waals surface area contributed by atoms with Gasteiger partial charge in [-0.15, -0.1) is 0 Å². The summed E-state index contributed by atoms with van der Waals surface area (Å²) in [6, 6.07) is 19.9. The Labute approximate surface area is 259 Å². The van der Waals surface area contributed by atoms with E-state index in [1.807, 2.05) is 78.9 Å². The Morgan fingerprint density at radius 2 is 1.09 bits per heavy atom. The monoisotopic (exact) mass is 608 g/mol. The van der Waals surface area contributed by atoms with Crippen molar-refractivity contribution in [3.8, 4) is 0 Å². The zero-order valence-corrected chi connectivity index (χ0v) is 24.7. The van der Waals surface area contributed by atoms with Crippen molar-refractivity contribution >= 4 is 45.5 Å². The summed E-state index contributed by atoms with van der Waals surface area (Å²) in [6.07, 6.45) is 3.75. The fourth-order valence-corrected chi connectivity index (χ4v) is 5.36. The van der Waals surface area contributed by atoms with Crippen LogP contribution >= 0.6 is 0 Å². The molecule has 2 heterocycles. The molecule has 0 saturated heterocycles. The molecule has 2 aromatic heterocycles. The van der Waals surface area contributed by atoms with Crippen molar-refractivity contribution in [3.05, 3.63) is 108 Å². The average molecular weight is 609 g/mol. The maximum atomic E-state index is 13.8. The van der Waals surface area contributed by atoms with Crippen LogP contribution in [-0.4, -0.2) is 62.9 Å². The minimum absolute atomic E-state index is 0.0277. The number of H-pyrrole nitrogens is 2. The summed E-state index contributed by atoms with van der Waals surface area (Å²) in [7, 11) is 0. The molecule has 5 rings (SSSR count). The third kappa shape index (κ3) is 7.57. The number of aromatic nitrogens is 2. The van der Waals surface area contributed by atoms with Crippen molar-refractivity contribution in [3.63, 3.8) is 0 Å². The second-order valence-corrected chi connectivity index (χ2v) is 11.1. The molecule has 0 radical (unpaired) electrons.